The Hall–Kier alpha value is -4.20. The minimum absolute atomic E-state index is 0.137. The van der Waals surface area contributed by atoms with Gasteiger partial charge >= 0.3 is 5.97 Å². The Bertz CT molecular complexity index is 1390. The van der Waals surface area contributed by atoms with Crippen molar-refractivity contribution < 1.29 is 23.1 Å². The first-order chi connectivity index (χ1) is 15.9. The van der Waals surface area contributed by atoms with E-state index in [1.165, 1.54) is 16.7 Å². The van der Waals surface area contributed by atoms with Crippen LogP contribution in [0.15, 0.2) is 70.0 Å². The Morgan fingerprint density at radius 2 is 1.76 bits per heavy atom. The molecule has 0 fully saturated rings. The second kappa shape index (κ2) is 9.12. The molecule has 0 bridgehead atoms. The van der Waals surface area contributed by atoms with E-state index in [4.69, 9.17) is 9.15 Å². The van der Waals surface area contributed by atoms with Crippen LogP contribution >= 0.6 is 0 Å². The molecule has 1 amide bonds. The zero-order valence-electron chi connectivity index (χ0n) is 18.1. The van der Waals surface area contributed by atoms with Crippen LogP contribution < -0.4 is 10.9 Å². The summed E-state index contributed by atoms with van der Waals surface area (Å²) in [6.45, 7) is 3.82. The van der Waals surface area contributed by atoms with Crippen LogP contribution in [0.2, 0.25) is 0 Å². The summed E-state index contributed by atoms with van der Waals surface area (Å²) in [4.78, 5) is 38.0. The van der Waals surface area contributed by atoms with Gasteiger partial charge in [0.1, 0.15) is 17.2 Å². The molecular weight excluding hydrogens is 427 g/mol. The molecule has 0 aliphatic carbocycles. The van der Waals surface area contributed by atoms with E-state index in [9.17, 15) is 18.8 Å². The van der Waals surface area contributed by atoms with Crippen molar-refractivity contribution in [2.75, 3.05) is 11.9 Å². The summed E-state index contributed by atoms with van der Waals surface area (Å²) in [7, 11) is 0. The predicted molar refractivity (Wildman–Crippen MR) is 121 cm³/mol. The second-order valence-electron chi connectivity index (χ2n) is 7.40. The van der Waals surface area contributed by atoms with Crippen molar-refractivity contribution in [2.45, 2.75) is 20.4 Å². The summed E-state index contributed by atoms with van der Waals surface area (Å²) in [6, 6.07) is 13.7. The van der Waals surface area contributed by atoms with Crippen LogP contribution in [-0.4, -0.2) is 23.1 Å². The summed E-state index contributed by atoms with van der Waals surface area (Å²) in [5, 5.41) is 2.90. The monoisotopic (exact) mass is 448 g/mol. The SMILES string of the molecule is CCOC(=O)c1ccc(NC(=O)c2c(C)oc3ccn(Cc4ccc(F)cc4)c(=O)c23)cc1. The van der Waals surface area contributed by atoms with Crippen LogP contribution in [-0.2, 0) is 11.3 Å². The number of nitrogens with one attached hydrogen (secondary N) is 1. The van der Waals surface area contributed by atoms with Gasteiger partial charge in [0, 0.05) is 11.9 Å². The number of fused-ring (bicyclic) bond motifs is 1. The smallest absolute Gasteiger partial charge is 0.338 e. The molecule has 0 aliphatic heterocycles. The number of nitrogens with zero attached hydrogens (tertiary/aromatic N) is 1. The summed E-state index contributed by atoms with van der Waals surface area (Å²) in [6.07, 6.45) is 1.58. The van der Waals surface area contributed by atoms with Crippen molar-refractivity contribution in [3.8, 4) is 0 Å². The molecule has 2 aromatic heterocycles. The Morgan fingerprint density at radius 3 is 2.42 bits per heavy atom. The number of rotatable bonds is 6. The van der Waals surface area contributed by atoms with Gasteiger partial charge in [-0.25, -0.2) is 9.18 Å². The lowest BCUT2D eigenvalue weighted by molar-refractivity contribution is 0.0526. The number of aryl methyl sites for hydroxylation is 1. The predicted octanol–water partition coefficient (Wildman–Crippen LogP) is 4.52. The molecule has 168 valence electrons. The fourth-order valence-corrected chi connectivity index (χ4v) is 3.55. The number of ether oxygens (including phenoxy) is 1. The Balaban J connectivity index is 1.63. The van der Waals surface area contributed by atoms with Crippen LogP contribution in [0.25, 0.3) is 11.0 Å². The number of halogens is 1. The molecule has 1 N–H and O–H groups in total. The van der Waals surface area contributed by atoms with E-state index < -0.39 is 17.4 Å². The molecule has 2 aromatic carbocycles. The van der Waals surface area contributed by atoms with E-state index in [0.29, 0.717) is 22.6 Å². The molecule has 8 heteroatoms. The fraction of sp³-hybridized carbons (Fsp3) is 0.160. The highest BCUT2D eigenvalue weighted by atomic mass is 19.1. The zero-order valence-corrected chi connectivity index (χ0v) is 18.1. The van der Waals surface area contributed by atoms with Gasteiger partial charge in [0.05, 0.1) is 29.7 Å². The van der Waals surface area contributed by atoms with E-state index in [0.717, 1.165) is 5.56 Å². The number of benzene rings is 2. The maximum atomic E-state index is 13.2. The molecule has 7 nitrogen and oxygen atoms in total. The third-order valence-corrected chi connectivity index (χ3v) is 5.14. The first kappa shape index (κ1) is 22.0. The minimum atomic E-state index is -0.508. The number of hydrogen-bond donors (Lipinski definition) is 1. The first-order valence-electron chi connectivity index (χ1n) is 10.3. The molecular formula is C25H21FN2O5. The van der Waals surface area contributed by atoms with Crippen LogP contribution in [0.5, 0.6) is 0 Å². The molecule has 0 radical (unpaired) electrons. The van der Waals surface area contributed by atoms with Gasteiger partial charge < -0.3 is 19.0 Å². The molecule has 4 aromatic rings. The van der Waals surface area contributed by atoms with Crippen LogP contribution in [0.1, 0.15) is 39.0 Å². The topological polar surface area (TPSA) is 90.5 Å². The van der Waals surface area contributed by atoms with Gasteiger partial charge in [0.15, 0.2) is 0 Å². The molecule has 0 aliphatic rings. The van der Waals surface area contributed by atoms with Crippen molar-refractivity contribution in [1.29, 1.82) is 0 Å². The number of hydrogen-bond acceptors (Lipinski definition) is 5. The normalized spacial score (nSPS) is 10.9. The van der Waals surface area contributed by atoms with Crippen molar-refractivity contribution >= 4 is 28.5 Å². The number of aromatic nitrogens is 1. The number of carbonyl (C=O) groups is 2. The van der Waals surface area contributed by atoms with Gasteiger partial charge in [0.25, 0.3) is 11.5 Å². The maximum Gasteiger partial charge on any atom is 0.338 e. The molecule has 0 spiro atoms. The van der Waals surface area contributed by atoms with Crippen molar-refractivity contribution in [3.05, 3.63) is 99.4 Å². The van der Waals surface area contributed by atoms with Gasteiger partial charge in [0.2, 0.25) is 0 Å². The third kappa shape index (κ3) is 4.55. The number of carbonyl (C=O) groups excluding carboxylic acids is 2. The number of pyridine rings is 1. The lowest BCUT2D eigenvalue weighted by atomic mass is 10.1. The number of amides is 1. The van der Waals surface area contributed by atoms with E-state index >= 15 is 0 Å². The molecule has 0 atom stereocenters. The summed E-state index contributed by atoms with van der Waals surface area (Å²) >= 11 is 0. The maximum absolute atomic E-state index is 13.2. The summed E-state index contributed by atoms with van der Waals surface area (Å²) in [5.41, 5.74) is 1.60. The highest BCUT2D eigenvalue weighted by molar-refractivity contribution is 6.13. The molecule has 4 rings (SSSR count). The number of anilines is 1. The lowest BCUT2D eigenvalue weighted by Crippen LogP contribution is -2.22. The highest BCUT2D eigenvalue weighted by Crippen LogP contribution is 2.24. The minimum Gasteiger partial charge on any atom is -0.462 e. The summed E-state index contributed by atoms with van der Waals surface area (Å²) < 4.78 is 25.2. The standard InChI is InChI=1S/C25H21FN2O5/c1-3-32-25(31)17-6-10-19(11-7-17)27-23(29)21-15(2)33-20-12-13-28(24(30)22(20)21)14-16-4-8-18(26)9-5-16/h4-13H,3,14H2,1-2H3,(H,27,29). The average molecular weight is 448 g/mol. The molecule has 0 unspecified atom stereocenters. The highest BCUT2D eigenvalue weighted by Gasteiger charge is 2.22. The van der Waals surface area contributed by atoms with Crippen molar-refractivity contribution in [3.63, 3.8) is 0 Å². The average Bonchev–Trinajstić information content (AvgIpc) is 3.14. The molecule has 33 heavy (non-hydrogen) atoms. The van der Waals surface area contributed by atoms with E-state index in [1.807, 2.05) is 0 Å². The molecule has 0 saturated carbocycles. The third-order valence-electron chi connectivity index (χ3n) is 5.14. The largest absolute Gasteiger partial charge is 0.462 e. The quantitative estimate of drug-likeness (QED) is 0.438. The van der Waals surface area contributed by atoms with Gasteiger partial charge in [-0.3, -0.25) is 9.59 Å². The van der Waals surface area contributed by atoms with Gasteiger partial charge in [-0.15, -0.1) is 0 Å². The second-order valence-corrected chi connectivity index (χ2v) is 7.40. The van der Waals surface area contributed by atoms with Crippen molar-refractivity contribution in [2.24, 2.45) is 0 Å². The van der Waals surface area contributed by atoms with E-state index in [-0.39, 0.29) is 29.9 Å². The lowest BCUT2D eigenvalue weighted by Gasteiger charge is -2.08. The first-order valence-corrected chi connectivity index (χ1v) is 10.3. The van der Waals surface area contributed by atoms with Crippen LogP contribution in [0.4, 0.5) is 10.1 Å². The number of furan rings is 1. The number of esters is 1. The van der Waals surface area contributed by atoms with Gasteiger partial charge in [-0.1, -0.05) is 12.1 Å². The Labute approximate surface area is 188 Å². The van der Waals surface area contributed by atoms with E-state index in [1.54, 1.807) is 62.5 Å². The Morgan fingerprint density at radius 1 is 1.06 bits per heavy atom. The van der Waals surface area contributed by atoms with E-state index in [2.05, 4.69) is 5.32 Å². The van der Waals surface area contributed by atoms with Gasteiger partial charge in [-0.2, -0.15) is 0 Å². The van der Waals surface area contributed by atoms with Gasteiger partial charge in [-0.05, 0) is 61.9 Å². The zero-order chi connectivity index (χ0) is 23.5. The molecule has 0 saturated heterocycles. The summed E-state index contributed by atoms with van der Waals surface area (Å²) in [5.74, 6) is -1.01. The fourth-order valence-electron chi connectivity index (χ4n) is 3.55. The van der Waals surface area contributed by atoms with Crippen LogP contribution in [0.3, 0.4) is 0 Å². The van der Waals surface area contributed by atoms with Crippen LogP contribution in [0, 0.1) is 12.7 Å². The molecule has 2 heterocycles. The Kier molecular flexibility index (Phi) is 6.08. The van der Waals surface area contributed by atoms with Crippen molar-refractivity contribution in [1.82, 2.24) is 4.57 Å².